The van der Waals surface area contributed by atoms with Gasteiger partial charge in [0.15, 0.2) is 23.0 Å². The highest BCUT2D eigenvalue weighted by atomic mass is 16.5. The molecular weight excluding hydrogens is 334 g/mol. The number of fused-ring (bicyclic) bond motifs is 1. The zero-order valence-electron chi connectivity index (χ0n) is 15.2. The molecule has 0 bridgehead atoms. The van der Waals surface area contributed by atoms with Gasteiger partial charge in [-0.15, -0.1) is 0 Å². The van der Waals surface area contributed by atoms with Crippen LogP contribution in [0.4, 0.5) is 0 Å². The molecule has 3 rings (SSSR count). The molecule has 1 aliphatic rings. The molecule has 6 nitrogen and oxygen atoms in total. The lowest BCUT2D eigenvalue weighted by atomic mass is 9.88. The number of carbonyl (C=O) groups is 1. The number of phenolic OH excluding ortho intramolecular Hbond substituents is 1. The molecule has 1 aliphatic heterocycles. The van der Waals surface area contributed by atoms with Crippen molar-refractivity contribution in [2.24, 2.45) is 0 Å². The Hall–Kier alpha value is -2.89. The molecule has 26 heavy (non-hydrogen) atoms. The zero-order valence-corrected chi connectivity index (χ0v) is 15.2. The van der Waals surface area contributed by atoms with Crippen molar-refractivity contribution in [3.63, 3.8) is 0 Å². The predicted molar refractivity (Wildman–Crippen MR) is 97.1 cm³/mol. The number of methoxy groups -OCH3 is 3. The van der Waals surface area contributed by atoms with Crippen molar-refractivity contribution in [3.8, 4) is 23.0 Å². The number of aromatic hydroxyl groups is 1. The molecule has 0 saturated carbocycles. The summed E-state index contributed by atoms with van der Waals surface area (Å²) in [5, 5.41) is 10.2. The number of benzene rings is 2. The third-order valence-corrected chi connectivity index (χ3v) is 4.85. The van der Waals surface area contributed by atoms with Crippen LogP contribution >= 0.6 is 0 Å². The van der Waals surface area contributed by atoms with E-state index in [1.807, 2.05) is 24.3 Å². The van der Waals surface area contributed by atoms with Crippen LogP contribution in [0.3, 0.4) is 0 Å². The molecule has 0 saturated heterocycles. The Labute approximate surface area is 152 Å². The maximum Gasteiger partial charge on any atom is 0.210 e. The van der Waals surface area contributed by atoms with E-state index in [2.05, 4.69) is 0 Å². The topological polar surface area (TPSA) is 68.2 Å². The summed E-state index contributed by atoms with van der Waals surface area (Å²) < 4.78 is 15.9. The van der Waals surface area contributed by atoms with Gasteiger partial charge in [-0.05, 0) is 53.8 Å². The minimum atomic E-state index is -0.161. The van der Waals surface area contributed by atoms with Gasteiger partial charge >= 0.3 is 0 Å². The Kier molecular flexibility index (Phi) is 5.21. The Bertz CT molecular complexity index is 805. The van der Waals surface area contributed by atoms with Crippen LogP contribution in [-0.2, 0) is 17.6 Å². The molecule has 0 spiro atoms. The third kappa shape index (κ3) is 3.27. The summed E-state index contributed by atoms with van der Waals surface area (Å²) in [6, 6.07) is 9.13. The van der Waals surface area contributed by atoms with Gasteiger partial charge in [-0.3, -0.25) is 4.79 Å². The molecule has 1 heterocycles. The summed E-state index contributed by atoms with van der Waals surface area (Å²) in [5.41, 5.74) is 3.04. The van der Waals surface area contributed by atoms with Gasteiger partial charge in [-0.2, -0.15) is 0 Å². The van der Waals surface area contributed by atoms with E-state index in [1.54, 1.807) is 25.2 Å². The van der Waals surface area contributed by atoms with Crippen LogP contribution in [0.5, 0.6) is 23.0 Å². The fraction of sp³-hybridized carbons (Fsp3) is 0.350. The summed E-state index contributed by atoms with van der Waals surface area (Å²) >= 11 is 0. The first kappa shape index (κ1) is 17.9. The van der Waals surface area contributed by atoms with Crippen molar-refractivity contribution in [2.45, 2.75) is 18.9 Å². The van der Waals surface area contributed by atoms with Crippen molar-refractivity contribution >= 4 is 6.41 Å². The normalized spacial score (nSPS) is 16.0. The number of ether oxygens (including phenoxy) is 3. The van der Waals surface area contributed by atoms with E-state index in [9.17, 15) is 9.90 Å². The van der Waals surface area contributed by atoms with E-state index in [1.165, 1.54) is 7.11 Å². The van der Waals surface area contributed by atoms with Gasteiger partial charge in [-0.1, -0.05) is 6.07 Å². The van der Waals surface area contributed by atoms with E-state index >= 15 is 0 Å². The van der Waals surface area contributed by atoms with Crippen molar-refractivity contribution < 1.29 is 24.1 Å². The second-order valence-electron chi connectivity index (χ2n) is 6.23. The first-order chi connectivity index (χ1) is 12.6. The van der Waals surface area contributed by atoms with Crippen LogP contribution in [0.25, 0.3) is 0 Å². The first-order valence-corrected chi connectivity index (χ1v) is 8.43. The van der Waals surface area contributed by atoms with Gasteiger partial charge in [0.05, 0.1) is 27.4 Å². The number of rotatable bonds is 6. The Balaban J connectivity index is 1.98. The summed E-state index contributed by atoms with van der Waals surface area (Å²) in [6.07, 6.45) is 2.21. The molecule has 6 heteroatoms. The maximum atomic E-state index is 11.6. The predicted octanol–water partition coefficient (Wildman–Crippen LogP) is 2.72. The molecule has 1 atom stereocenters. The molecule has 1 N–H and O–H groups in total. The van der Waals surface area contributed by atoms with Gasteiger partial charge < -0.3 is 24.2 Å². The Morgan fingerprint density at radius 2 is 1.81 bits per heavy atom. The van der Waals surface area contributed by atoms with E-state index in [0.29, 0.717) is 30.2 Å². The summed E-state index contributed by atoms with van der Waals surface area (Å²) in [5.74, 6) is 1.84. The number of hydrogen-bond acceptors (Lipinski definition) is 5. The summed E-state index contributed by atoms with van der Waals surface area (Å²) in [7, 11) is 4.72. The minimum Gasteiger partial charge on any atom is -0.504 e. The quantitative estimate of drug-likeness (QED) is 0.805. The standard InChI is InChI=1S/C20H23NO5/c1-24-18-5-4-13(9-20(18)26-3)8-16-15-11-17(23)19(25-2)10-14(15)6-7-21(16)12-22/h4-5,9-12,16,23H,6-8H2,1-3H3. The molecule has 0 aliphatic carbocycles. The number of phenols is 1. The van der Waals surface area contributed by atoms with Crippen molar-refractivity contribution in [2.75, 3.05) is 27.9 Å². The number of amides is 1. The lowest BCUT2D eigenvalue weighted by molar-refractivity contribution is -0.120. The fourth-order valence-corrected chi connectivity index (χ4v) is 3.49. The van der Waals surface area contributed by atoms with Crippen LogP contribution in [-0.4, -0.2) is 44.3 Å². The average molecular weight is 357 g/mol. The molecule has 0 fully saturated rings. The highest BCUT2D eigenvalue weighted by molar-refractivity contribution is 5.55. The largest absolute Gasteiger partial charge is 0.504 e. The molecular formula is C20H23NO5. The maximum absolute atomic E-state index is 11.6. The molecule has 1 amide bonds. The van der Waals surface area contributed by atoms with Crippen LogP contribution < -0.4 is 14.2 Å². The minimum absolute atomic E-state index is 0.0799. The molecule has 2 aromatic rings. The number of nitrogens with zero attached hydrogens (tertiary/aromatic N) is 1. The second-order valence-corrected chi connectivity index (χ2v) is 6.23. The van der Waals surface area contributed by atoms with Crippen molar-refractivity contribution in [1.29, 1.82) is 0 Å². The van der Waals surface area contributed by atoms with Gasteiger partial charge in [-0.25, -0.2) is 0 Å². The molecule has 2 aromatic carbocycles. The van der Waals surface area contributed by atoms with Crippen molar-refractivity contribution in [3.05, 3.63) is 47.0 Å². The Morgan fingerprint density at radius 3 is 2.46 bits per heavy atom. The van der Waals surface area contributed by atoms with Crippen LogP contribution in [0.1, 0.15) is 22.7 Å². The fourth-order valence-electron chi connectivity index (χ4n) is 3.49. The lowest BCUT2D eigenvalue weighted by Gasteiger charge is -2.35. The molecule has 138 valence electrons. The summed E-state index contributed by atoms with van der Waals surface area (Å²) in [6.45, 7) is 0.627. The highest BCUT2D eigenvalue weighted by Crippen LogP contribution is 2.39. The van der Waals surface area contributed by atoms with Gasteiger partial charge in [0.2, 0.25) is 6.41 Å². The van der Waals surface area contributed by atoms with Crippen LogP contribution in [0.15, 0.2) is 30.3 Å². The second kappa shape index (κ2) is 7.56. The monoisotopic (exact) mass is 357 g/mol. The first-order valence-electron chi connectivity index (χ1n) is 8.43. The lowest BCUT2D eigenvalue weighted by Crippen LogP contribution is -2.35. The zero-order chi connectivity index (χ0) is 18.7. The van der Waals surface area contributed by atoms with Crippen LogP contribution in [0.2, 0.25) is 0 Å². The van der Waals surface area contributed by atoms with E-state index < -0.39 is 0 Å². The number of carbonyl (C=O) groups excluding carboxylic acids is 1. The third-order valence-electron chi connectivity index (χ3n) is 4.85. The number of hydrogen-bond donors (Lipinski definition) is 1. The smallest absolute Gasteiger partial charge is 0.210 e. The van der Waals surface area contributed by atoms with E-state index in [-0.39, 0.29) is 11.8 Å². The van der Waals surface area contributed by atoms with Gasteiger partial charge in [0.1, 0.15) is 0 Å². The summed E-state index contributed by atoms with van der Waals surface area (Å²) in [4.78, 5) is 13.4. The molecule has 1 unspecified atom stereocenters. The highest BCUT2D eigenvalue weighted by Gasteiger charge is 2.28. The molecule has 0 radical (unpaired) electrons. The SMILES string of the molecule is COc1cc2c(cc1O)C(Cc1ccc(OC)c(OC)c1)N(C=O)CC2. The van der Waals surface area contributed by atoms with E-state index in [4.69, 9.17) is 14.2 Å². The molecule has 0 aromatic heterocycles. The van der Waals surface area contributed by atoms with Crippen LogP contribution in [0, 0.1) is 0 Å². The van der Waals surface area contributed by atoms with Crippen molar-refractivity contribution in [1.82, 2.24) is 4.90 Å². The van der Waals surface area contributed by atoms with E-state index in [0.717, 1.165) is 29.5 Å². The van der Waals surface area contributed by atoms with Gasteiger partial charge in [0.25, 0.3) is 0 Å². The Morgan fingerprint density at radius 1 is 1.08 bits per heavy atom. The van der Waals surface area contributed by atoms with Gasteiger partial charge in [0, 0.05) is 6.54 Å². The average Bonchev–Trinajstić information content (AvgIpc) is 2.67.